The van der Waals surface area contributed by atoms with Gasteiger partial charge in [-0.15, -0.1) is 0 Å². The van der Waals surface area contributed by atoms with Crippen molar-refractivity contribution in [1.82, 2.24) is 19.8 Å². The first-order chi connectivity index (χ1) is 15.7. The molecule has 5 heteroatoms. The van der Waals surface area contributed by atoms with Crippen LogP contribution in [0.4, 0.5) is 0 Å². The summed E-state index contributed by atoms with van der Waals surface area (Å²) in [5.41, 5.74) is 6.27. The monoisotopic (exact) mass is 428 g/mol. The van der Waals surface area contributed by atoms with Gasteiger partial charge in [-0.05, 0) is 49.5 Å². The molecule has 32 heavy (non-hydrogen) atoms. The number of hydrogen-bond donors (Lipinski definition) is 1. The van der Waals surface area contributed by atoms with E-state index in [4.69, 9.17) is 0 Å². The van der Waals surface area contributed by atoms with E-state index < -0.39 is 0 Å². The van der Waals surface area contributed by atoms with E-state index in [1.807, 2.05) is 12.4 Å². The lowest BCUT2D eigenvalue weighted by molar-refractivity contribution is -0.0655. The molecular formula is C27H32N4O. The van der Waals surface area contributed by atoms with Crippen LogP contribution in [0.25, 0.3) is 11.1 Å². The maximum absolute atomic E-state index is 10.2. The molecule has 2 fully saturated rings. The molecule has 0 amide bonds. The minimum absolute atomic E-state index is 0.213. The Morgan fingerprint density at radius 3 is 2.25 bits per heavy atom. The van der Waals surface area contributed by atoms with E-state index in [0.29, 0.717) is 12.0 Å². The lowest BCUT2D eigenvalue weighted by Crippen LogP contribution is -2.67. The Balaban J connectivity index is 1.35. The quantitative estimate of drug-likeness (QED) is 0.668. The van der Waals surface area contributed by atoms with Gasteiger partial charge in [0.2, 0.25) is 0 Å². The number of benzene rings is 2. The van der Waals surface area contributed by atoms with Gasteiger partial charge in [-0.3, -0.25) is 9.80 Å². The Morgan fingerprint density at radius 1 is 0.906 bits per heavy atom. The second-order valence-corrected chi connectivity index (χ2v) is 9.26. The van der Waals surface area contributed by atoms with Gasteiger partial charge in [0, 0.05) is 49.0 Å². The second kappa shape index (κ2) is 9.49. The van der Waals surface area contributed by atoms with Crippen LogP contribution < -0.4 is 0 Å². The first kappa shape index (κ1) is 21.3. The highest BCUT2D eigenvalue weighted by atomic mass is 16.3. The van der Waals surface area contributed by atoms with Gasteiger partial charge in [0.25, 0.3) is 0 Å². The summed E-state index contributed by atoms with van der Waals surface area (Å²) >= 11 is 0. The molecule has 0 spiro atoms. The molecule has 1 N–H and O–H groups in total. The van der Waals surface area contributed by atoms with E-state index in [9.17, 15) is 5.11 Å². The van der Waals surface area contributed by atoms with Gasteiger partial charge in [-0.1, -0.05) is 54.1 Å². The third-order valence-corrected chi connectivity index (χ3v) is 7.15. The molecule has 5 rings (SSSR count). The van der Waals surface area contributed by atoms with Crippen molar-refractivity contribution in [3.63, 3.8) is 0 Å². The first-order valence-electron chi connectivity index (χ1n) is 11.7. The third kappa shape index (κ3) is 4.33. The summed E-state index contributed by atoms with van der Waals surface area (Å²) in [7, 11) is 0. The van der Waals surface area contributed by atoms with E-state index in [0.717, 1.165) is 31.7 Å². The largest absolute Gasteiger partial charge is 0.395 e. The lowest BCUT2D eigenvalue weighted by Gasteiger charge is -2.57. The van der Waals surface area contributed by atoms with Crippen molar-refractivity contribution in [2.75, 3.05) is 26.2 Å². The molecular weight excluding hydrogens is 396 g/mol. The molecule has 2 aliphatic heterocycles. The van der Waals surface area contributed by atoms with E-state index in [2.05, 4.69) is 75.2 Å². The fourth-order valence-electron chi connectivity index (χ4n) is 5.47. The highest BCUT2D eigenvalue weighted by molar-refractivity contribution is 5.64. The van der Waals surface area contributed by atoms with Gasteiger partial charge in [0.15, 0.2) is 0 Å². The molecule has 166 valence electrons. The van der Waals surface area contributed by atoms with E-state index >= 15 is 0 Å². The number of aliphatic hydroxyl groups excluding tert-OH is 1. The van der Waals surface area contributed by atoms with Gasteiger partial charge in [0.05, 0.1) is 6.61 Å². The van der Waals surface area contributed by atoms with E-state index in [1.165, 1.54) is 35.1 Å². The summed E-state index contributed by atoms with van der Waals surface area (Å²) in [5, 5.41) is 10.2. The molecule has 3 heterocycles. The predicted molar refractivity (Wildman–Crippen MR) is 127 cm³/mol. The van der Waals surface area contributed by atoms with Gasteiger partial charge >= 0.3 is 0 Å². The number of aliphatic hydroxyl groups is 1. The molecule has 0 radical (unpaired) electrons. The van der Waals surface area contributed by atoms with Crippen molar-refractivity contribution in [2.45, 2.75) is 44.3 Å². The van der Waals surface area contributed by atoms with Gasteiger partial charge in [-0.25, -0.2) is 9.97 Å². The van der Waals surface area contributed by atoms with Crippen LogP contribution in [0.15, 0.2) is 67.3 Å². The summed E-state index contributed by atoms with van der Waals surface area (Å²) in [4.78, 5) is 13.4. The average molecular weight is 429 g/mol. The van der Waals surface area contributed by atoms with Crippen molar-refractivity contribution in [2.24, 2.45) is 0 Å². The molecule has 2 aromatic carbocycles. The number of aryl methyl sites for hydroxylation is 1. The summed E-state index contributed by atoms with van der Waals surface area (Å²) in [6, 6.07) is 18.4. The summed E-state index contributed by atoms with van der Waals surface area (Å²) in [6.45, 7) is 6.41. The fourth-order valence-corrected chi connectivity index (χ4v) is 5.47. The minimum atomic E-state index is 0.213. The van der Waals surface area contributed by atoms with Gasteiger partial charge in [-0.2, -0.15) is 0 Å². The maximum Gasteiger partial charge on any atom is 0.115 e. The molecule has 1 aromatic heterocycles. The minimum Gasteiger partial charge on any atom is -0.395 e. The SMILES string of the molecule is Cc1ccc(-c2ccc([C@H]3[C@@H](CO)N4CCCCN(Cc5cncnc5)C[C@H]34)cc2)cc1. The van der Waals surface area contributed by atoms with Gasteiger partial charge < -0.3 is 5.11 Å². The van der Waals surface area contributed by atoms with Crippen LogP contribution in [-0.2, 0) is 6.54 Å². The molecule has 5 nitrogen and oxygen atoms in total. The van der Waals surface area contributed by atoms with Crippen molar-refractivity contribution in [1.29, 1.82) is 0 Å². The molecule has 0 aliphatic carbocycles. The van der Waals surface area contributed by atoms with Crippen LogP contribution in [-0.4, -0.2) is 63.2 Å². The topological polar surface area (TPSA) is 52.5 Å². The Labute approximate surface area is 190 Å². The number of hydrogen-bond acceptors (Lipinski definition) is 5. The second-order valence-electron chi connectivity index (χ2n) is 9.26. The Hall–Kier alpha value is -2.60. The molecule has 3 aromatic rings. The standard InChI is InChI=1S/C27H32N4O/c1-20-4-6-22(7-5-20)23-8-10-24(11-9-23)27-25-17-30(16-21-14-28-19-29-15-21)12-2-3-13-31(25)26(27)18-32/h4-11,14-15,19,25-27,32H,2-3,12-13,16-18H2,1H3/t25-,26-,27-/m1/s1. The Morgan fingerprint density at radius 2 is 1.56 bits per heavy atom. The zero-order valence-electron chi connectivity index (χ0n) is 18.8. The molecule has 0 saturated carbocycles. The maximum atomic E-state index is 10.2. The van der Waals surface area contributed by atoms with Crippen LogP contribution >= 0.6 is 0 Å². The van der Waals surface area contributed by atoms with Crippen LogP contribution in [0.3, 0.4) is 0 Å². The van der Waals surface area contributed by atoms with Crippen LogP contribution in [0.5, 0.6) is 0 Å². The van der Waals surface area contributed by atoms with Crippen molar-refractivity contribution >= 4 is 0 Å². The molecule has 0 bridgehead atoms. The highest BCUT2D eigenvalue weighted by Gasteiger charge is 2.48. The zero-order chi connectivity index (χ0) is 21.9. The first-order valence-corrected chi connectivity index (χ1v) is 11.7. The number of aromatic nitrogens is 2. The van der Waals surface area contributed by atoms with Gasteiger partial charge in [0.1, 0.15) is 6.33 Å². The van der Waals surface area contributed by atoms with Crippen LogP contribution in [0, 0.1) is 6.92 Å². The number of nitrogens with zero attached hydrogens (tertiary/aromatic N) is 4. The number of rotatable bonds is 5. The number of fused-ring (bicyclic) bond motifs is 1. The molecule has 2 aliphatic rings. The van der Waals surface area contributed by atoms with E-state index in [-0.39, 0.29) is 12.6 Å². The lowest BCUT2D eigenvalue weighted by atomic mass is 9.74. The van der Waals surface area contributed by atoms with Crippen LogP contribution in [0.2, 0.25) is 0 Å². The smallest absolute Gasteiger partial charge is 0.115 e. The molecule has 0 unspecified atom stereocenters. The van der Waals surface area contributed by atoms with Crippen molar-refractivity contribution < 1.29 is 5.11 Å². The summed E-state index contributed by atoms with van der Waals surface area (Å²) in [6.07, 6.45) is 7.79. The Kier molecular flexibility index (Phi) is 6.30. The summed E-state index contributed by atoms with van der Waals surface area (Å²) < 4.78 is 0. The highest BCUT2D eigenvalue weighted by Crippen LogP contribution is 2.42. The predicted octanol–water partition coefficient (Wildman–Crippen LogP) is 3.88. The van der Waals surface area contributed by atoms with Crippen molar-refractivity contribution in [3.05, 3.63) is 83.9 Å². The molecule has 2 saturated heterocycles. The average Bonchev–Trinajstić information content (AvgIpc) is 2.81. The van der Waals surface area contributed by atoms with Crippen molar-refractivity contribution in [3.8, 4) is 11.1 Å². The Bertz CT molecular complexity index is 1010. The zero-order valence-corrected chi connectivity index (χ0v) is 18.8. The van der Waals surface area contributed by atoms with E-state index in [1.54, 1.807) is 6.33 Å². The fraction of sp³-hybridized carbons (Fsp3) is 0.407. The summed E-state index contributed by atoms with van der Waals surface area (Å²) in [5.74, 6) is 0.361. The van der Waals surface area contributed by atoms with Crippen LogP contribution in [0.1, 0.15) is 35.4 Å². The third-order valence-electron chi connectivity index (χ3n) is 7.15. The molecule has 3 atom stereocenters. The normalized spacial score (nSPS) is 24.2.